The van der Waals surface area contributed by atoms with Gasteiger partial charge in [-0.15, -0.1) is 0 Å². The van der Waals surface area contributed by atoms with Crippen LogP contribution in [0.25, 0.3) is 0 Å². The SMILES string of the molecule is O=C([O-])CCC(=O)[O-].[Ga+3]. The Bertz CT molecular complexity index is 97.1. The minimum absolute atomic E-state index is 0. The summed E-state index contributed by atoms with van der Waals surface area (Å²) in [6.07, 6.45) is -0.940. The van der Waals surface area contributed by atoms with Crippen LogP contribution < -0.4 is 10.2 Å². The van der Waals surface area contributed by atoms with Crippen molar-refractivity contribution in [1.29, 1.82) is 0 Å². The molecular formula is C4H4GaO4+. The van der Waals surface area contributed by atoms with E-state index in [1.54, 1.807) is 0 Å². The molecular weight excluding hydrogens is 182 g/mol. The molecule has 5 heteroatoms. The van der Waals surface area contributed by atoms with Gasteiger partial charge < -0.3 is 19.8 Å². The Labute approximate surface area is 64.9 Å². The van der Waals surface area contributed by atoms with Crippen molar-refractivity contribution in [2.75, 3.05) is 0 Å². The van der Waals surface area contributed by atoms with Gasteiger partial charge in [0.15, 0.2) is 0 Å². The Morgan fingerprint density at radius 1 is 1.00 bits per heavy atom. The Hall–Kier alpha value is -0.424. The molecule has 0 aromatic carbocycles. The fourth-order valence-corrected chi connectivity index (χ4v) is 0.204. The zero-order chi connectivity index (χ0) is 6.57. The van der Waals surface area contributed by atoms with E-state index in [9.17, 15) is 19.8 Å². The van der Waals surface area contributed by atoms with Crippen LogP contribution >= 0.6 is 0 Å². The minimum Gasteiger partial charge on any atom is -0.550 e. The second-order valence-electron chi connectivity index (χ2n) is 1.24. The van der Waals surface area contributed by atoms with Crippen LogP contribution in [-0.4, -0.2) is 31.7 Å². The molecule has 0 aromatic rings. The van der Waals surface area contributed by atoms with Crippen LogP contribution in [0.4, 0.5) is 0 Å². The molecule has 0 N–H and O–H groups in total. The fraction of sp³-hybridized carbons (Fsp3) is 0.500. The summed E-state index contributed by atoms with van der Waals surface area (Å²) in [5.74, 6) is -2.73. The molecule has 0 atom stereocenters. The molecule has 0 aliphatic carbocycles. The maximum atomic E-state index is 9.50. The number of hydrogen-bond acceptors (Lipinski definition) is 4. The first-order valence-corrected chi connectivity index (χ1v) is 2.02. The van der Waals surface area contributed by atoms with Crippen LogP contribution in [0.3, 0.4) is 0 Å². The Kier molecular flexibility index (Phi) is 7.22. The molecule has 0 aliphatic rings. The summed E-state index contributed by atoms with van der Waals surface area (Å²) in [6.45, 7) is 0. The first-order valence-electron chi connectivity index (χ1n) is 2.02. The summed E-state index contributed by atoms with van der Waals surface area (Å²) >= 11 is 0. The molecule has 0 saturated heterocycles. The monoisotopic (exact) mass is 185 g/mol. The summed E-state index contributed by atoms with van der Waals surface area (Å²) in [7, 11) is 0. The average molecular weight is 186 g/mol. The molecule has 0 heterocycles. The largest absolute Gasteiger partial charge is 3.00 e. The third kappa shape index (κ3) is 11.2. The molecule has 0 aromatic heterocycles. The first-order chi connectivity index (χ1) is 3.63. The predicted octanol–water partition coefficient (Wildman–Crippen LogP) is -3.11. The number of carbonyl (C=O) groups excluding carboxylic acids is 2. The van der Waals surface area contributed by atoms with E-state index in [2.05, 4.69) is 0 Å². The van der Waals surface area contributed by atoms with Gasteiger partial charge in [-0.2, -0.15) is 0 Å². The van der Waals surface area contributed by atoms with E-state index in [1.807, 2.05) is 0 Å². The Morgan fingerprint density at radius 2 is 1.22 bits per heavy atom. The minimum atomic E-state index is -1.37. The Morgan fingerprint density at radius 3 is 1.33 bits per heavy atom. The van der Waals surface area contributed by atoms with Crippen molar-refractivity contribution in [3.8, 4) is 0 Å². The molecule has 0 radical (unpaired) electrons. The number of carboxylic acids is 2. The molecule has 9 heavy (non-hydrogen) atoms. The van der Waals surface area contributed by atoms with Crippen LogP contribution in [0, 0.1) is 0 Å². The van der Waals surface area contributed by atoms with Crippen molar-refractivity contribution in [2.45, 2.75) is 12.8 Å². The molecule has 0 amide bonds. The summed E-state index contributed by atoms with van der Waals surface area (Å²) in [5, 5.41) is 19.0. The van der Waals surface area contributed by atoms with E-state index in [-0.39, 0.29) is 19.8 Å². The molecule has 4 nitrogen and oxygen atoms in total. The second-order valence-corrected chi connectivity index (χ2v) is 1.24. The molecule has 0 bridgehead atoms. The van der Waals surface area contributed by atoms with E-state index in [0.29, 0.717) is 0 Å². The zero-order valence-corrected chi connectivity index (χ0v) is 7.05. The molecule has 0 rings (SSSR count). The standard InChI is InChI=1S/C4H6O4.Ga/c5-3(6)1-2-4(7)8;/h1-2H2,(H,5,6)(H,7,8);/q;+3/p-2. The van der Waals surface area contributed by atoms with E-state index in [1.165, 1.54) is 0 Å². The smallest absolute Gasteiger partial charge is 0.550 e. The van der Waals surface area contributed by atoms with Gasteiger partial charge in [0.1, 0.15) is 0 Å². The quantitative estimate of drug-likeness (QED) is 0.436. The van der Waals surface area contributed by atoms with Gasteiger partial charge in [-0.25, -0.2) is 0 Å². The zero-order valence-electron chi connectivity index (χ0n) is 4.62. The summed E-state index contributed by atoms with van der Waals surface area (Å²) in [4.78, 5) is 19.0. The number of aliphatic carboxylic acids is 2. The van der Waals surface area contributed by atoms with Crippen LogP contribution in [0.5, 0.6) is 0 Å². The van der Waals surface area contributed by atoms with Crippen molar-refractivity contribution in [3.05, 3.63) is 0 Å². The van der Waals surface area contributed by atoms with Gasteiger partial charge in [0.05, 0.1) is 0 Å². The molecule has 0 unspecified atom stereocenters. The van der Waals surface area contributed by atoms with Crippen molar-refractivity contribution < 1.29 is 19.8 Å². The van der Waals surface area contributed by atoms with Gasteiger partial charge in [-0.3, -0.25) is 0 Å². The van der Waals surface area contributed by atoms with Gasteiger partial charge in [0.25, 0.3) is 0 Å². The van der Waals surface area contributed by atoms with Gasteiger partial charge in [0, 0.05) is 11.9 Å². The van der Waals surface area contributed by atoms with Crippen LogP contribution in [0.2, 0.25) is 0 Å². The van der Waals surface area contributed by atoms with Crippen LogP contribution in [0.1, 0.15) is 12.8 Å². The van der Waals surface area contributed by atoms with E-state index < -0.39 is 24.8 Å². The maximum absolute atomic E-state index is 9.50. The molecule has 46 valence electrons. The van der Waals surface area contributed by atoms with Crippen LogP contribution in [-0.2, 0) is 9.59 Å². The van der Waals surface area contributed by atoms with Crippen molar-refractivity contribution >= 4 is 31.7 Å². The number of rotatable bonds is 3. The number of carboxylic acid groups (broad SMARTS) is 2. The first kappa shape index (κ1) is 11.4. The van der Waals surface area contributed by atoms with Crippen molar-refractivity contribution in [1.82, 2.24) is 0 Å². The molecule has 0 aliphatic heterocycles. The van der Waals surface area contributed by atoms with E-state index in [0.717, 1.165) is 0 Å². The number of carbonyl (C=O) groups is 2. The summed E-state index contributed by atoms with van der Waals surface area (Å²) in [5.41, 5.74) is 0. The predicted molar refractivity (Wildman–Crippen MR) is 25.0 cm³/mol. The van der Waals surface area contributed by atoms with Gasteiger partial charge in [0.2, 0.25) is 0 Å². The Balaban J connectivity index is 0. The fourth-order valence-electron chi connectivity index (χ4n) is 0.204. The van der Waals surface area contributed by atoms with E-state index >= 15 is 0 Å². The molecule has 0 spiro atoms. The topological polar surface area (TPSA) is 80.3 Å². The summed E-state index contributed by atoms with van der Waals surface area (Å²) in [6, 6.07) is 0. The average Bonchev–Trinajstić information content (AvgIpc) is 1.61. The molecule has 0 fully saturated rings. The third-order valence-corrected chi connectivity index (χ3v) is 0.533. The van der Waals surface area contributed by atoms with Gasteiger partial charge in [-0.05, 0) is 12.8 Å². The molecule has 0 saturated carbocycles. The third-order valence-electron chi connectivity index (χ3n) is 0.533. The van der Waals surface area contributed by atoms with Crippen LogP contribution in [0.15, 0.2) is 0 Å². The van der Waals surface area contributed by atoms with Gasteiger partial charge in [-0.1, -0.05) is 0 Å². The summed E-state index contributed by atoms with van der Waals surface area (Å²) < 4.78 is 0. The number of hydrogen-bond donors (Lipinski definition) is 0. The normalized spacial score (nSPS) is 7.56. The maximum Gasteiger partial charge on any atom is 3.00 e. The van der Waals surface area contributed by atoms with Gasteiger partial charge >= 0.3 is 19.8 Å². The van der Waals surface area contributed by atoms with Crippen molar-refractivity contribution in [3.63, 3.8) is 0 Å². The second kappa shape index (κ2) is 5.71. The van der Waals surface area contributed by atoms with E-state index in [4.69, 9.17) is 0 Å². The van der Waals surface area contributed by atoms with Crippen molar-refractivity contribution in [2.24, 2.45) is 0 Å².